The normalized spacial score (nSPS) is 18.3. The molecule has 0 fully saturated rings. The fourth-order valence-corrected chi connectivity index (χ4v) is 4.26. The summed E-state index contributed by atoms with van der Waals surface area (Å²) in [6, 6.07) is 0. The van der Waals surface area contributed by atoms with Gasteiger partial charge in [-0.15, -0.1) is 0 Å². The molecule has 0 N–H and O–H groups in total. The van der Waals surface area contributed by atoms with E-state index in [-0.39, 0.29) is 37.1 Å². The second-order valence-corrected chi connectivity index (χ2v) is 6.55. The topological polar surface area (TPSA) is 0 Å². The van der Waals surface area contributed by atoms with Gasteiger partial charge in [-0.1, -0.05) is 0 Å². The average Bonchev–Trinajstić information content (AvgIpc) is 2.60. The molecule has 0 aliphatic heterocycles. The zero-order chi connectivity index (χ0) is 7.52. The summed E-state index contributed by atoms with van der Waals surface area (Å²) in [5.74, 6) is 0. The molecule has 2 aliphatic carbocycles. The molecule has 0 spiro atoms. The maximum absolute atomic E-state index is 2.31. The zero-order valence-corrected chi connectivity index (χ0v) is 9.97. The Morgan fingerprint density at radius 3 is 1.83 bits per heavy atom. The number of hydrogen-bond acceptors (Lipinski definition) is 0. The van der Waals surface area contributed by atoms with E-state index in [1.165, 1.54) is 12.8 Å². The van der Waals surface area contributed by atoms with Crippen LogP contribution in [0.15, 0.2) is 43.0 Å². The van der Waals surface area contributed by atoms with Gasteiger partial charge in [0.25, 0.3) is 0 Å². The average molecular weight is 259 g/mol. The van der Waals surface area contributed by atoms with E-state index in [4.69, 9.17) is 0 Å². The first kappa shape index (κ1) is 10.2. The maximum Gasteiger partial charge on any atom is -1.00 e. The van der Waals surface area contributed by atoms with Gasteiger partial charge < -0.3 is 13.8 Å². The van der Waals surface area contributed by atoms with Gasteiger partial charge in [0.2, 0.25) is 0 Å². The quantitative estimate of drug-likeness (QED) is 0.648. The van der Waals surface area contributed by atoms with Crippen LogP contribution in [0.2, 0.25) is 0 Å². The van der Waals surface area contributed by atoms with Gasteiger partial charge in [-0.2, -0.15) is 0 Å². The molecule has 0 aromatic rings. The van der Waals surface area contributed by atoms with Crippen molar-refractivity contribution in [1.29, 1.82) is 0 Å². The number of hydrogen-bond donors (Lipinski definition) is 0. The molecule has 2 aliphatic rings. The third-order valence-electron chi connectivity index (χ3n) is 1.86. The Morgan fingerprint density at radius 1 is 1.00 bits per heavy atom. The third-order valence-corrected chi connectivity index (χ3v) is 5.27. The van der Waals surface area contributed by atoms with Crippen molar-refractivity contribution >= 4 is 0 Å². The van der Waals surface area contributed by atoms with Crippen LogP contribution in [-0.2, 0) is 23.2 Å². The molecule has 62 valence electrons. The number of allylic oxidation sites excluding steroid dienone is 8. The summed E-state index contributed by atoms with van der Waals surface area (Å²) in [6.45, 7) is 0. The van der Waals surface area contributed by atoms with E-state index in [1.807, 2.05) is 0 Å². The Morgan fingerprint density at radius 2 is 1.50 bits per heavy atom. The Balaban J connectivity index is 0.000000720. The van der Waals surface area contributed by atoms with E-state index in [9.17, 15) is 0 Å². The van der Waals surface area contributed by atoms with Crippen LogP contribution in [0.3, 0.4) is 0 Å². The molecule has 0 saturated carbocycles. The first-order chi connectivity index (χ1) is 5.45. The summed E-state index contributed by atoms with van der Waals surface area (Å²) < 4.78 is 3.45. The van der Waals surface area contributed by atoms with E-state index in [2.05, 4.69) is 36.5 Å². The number of halogens is 1. The summed E-state index contributed by atoms with van der Waals surface area (Å²) in [4.78, 5) is 0. The van der Waals surface area contributed by atoms with Crippen molar-refractivity contribution in [2.24, 2.45) is 0 Å². The van der Waals surface area contributed by atoms with Crippen molar-refractivity contribution < 1.29 is 37.1 Å². The predicted molar refractivity (Wildman–Crippen MR) is 44.8 cm³/mol. The summed E-state index contributed by atoms with van der Waals surface area (Å²) >= 11 is -0.312. The fraction of sp³-hybridized carbons (Fsp3) is 0.200. The minimum Gasteiger partial charge on any atom is -1.00 e. The molecular formula is C10H11ClZr. The zero-order valence-electron chi connectivity index (χ0n) is 7.76. The summed E-state index contributed by atoms with van der Waals surface area (Å²) in [5, 5.41) is 0. The molecule has 0 aromatic carbocycles. The predicted octanol–water partition coefficient (Wildman–Crippen LogP) is -0.127. The van der Waals surface area contributed by atoms with E-state index >= 15 is 0 Å². The fourth-order valence-electron chi connectivity index (χ4n) is 1.29. The molecule has 0 bridgehead atoms. The van der Waals surface area contributed by atoms with E-state index in [0.29, 0.717) is 0 Å². The largest absolute Gasteiger partial charge is 1.00 e. The molecule has 0 saturated heterocycles. The minimum atomic E-state index is -0.312. The third kappa shape index (κ3) is 2.57. The van der Waals surface area contributed by atoms with Crippen molar-refractivity contribution in [3.8, 4) is 0 Å². The van der Waals surface area contributed by atoms with Crippen molar-refractivity contribution in [2.45, 2.75) is 12.8 Å². The molecule has 0 aromatic heterocycles. The van der Waals surface area contributed by atoms with Gasteiger partial charge in [0.05, 0.1) is 0 Å². The molecule has 0 radical (unpaired) electrons. The molecule has 12 heavy (non-hydrogen) atoms. The molecule has 0 amide bonds. The van der Waals surface area contributed by atoms with Crippen LogP contribution < -0.4 is 12.4 Å². The van der Waals surface area contributed by atoms with E-state index < -0.39 is 0 Å². The molecule has 0 atom stereocenters. The monoisotopic (exact) mass is 257 g/mol. The van der Waals surface area contributed by atoms with Crippen LogP contribution in [0.25, 0.3) is 0 Å². The Bertz CT molecular complexity index is 249. The molecule has 0 unspecified atom stereocenters. The van der Waals surface area contributed by atoms with Gasteiger partial charge in [0.15, 0.2) is 0 Å². The summed E-state index contributed by atoms with van der Waals surface area (Å²) in [5.41, 5.74) is 0. The van der Waals surface area contributed by atoms with Crippen LogP contribution in [0.1, 0.15) is 14.3 Å². The standard InChI is InChI=1S/2C5H5.ClH.Zr.H/c2*1-2-4-5-3-1;;;/h2*1-3H,4H2;1H;;/q;;;+2;-1/p-1/i;;;;1+1. The second kappa shape index (κ2) is 4.99. The van der Waals surface area contributed by atoms with Crippen LogP contribution in [0.4, 0.5) is 0 Å². The second-order valence-electron chi connectivity index (χ2n) is 2.77. The number of rotatable bonds is 2. The molecule has 2 heteroatoms. The van der Waals surface area contributed by atoms with Gasteiger partial charge in [-0.25, -0.2) is 0 Å². The van der Waals surface area contributed by atoms with Crippen molar-refractivity contribution in [3.05, 3.63) is 43.0 Å². The SMILES string of the molecule is C1=CC[C]([Zr+2][C]2=CC=CC2)=C1.[2H-].[Cl-]. The van der Waals surface area contributed by atoms with E-state index in [1.54, 1.807) is 6.56 Å². The Kier molecular flexibility index (Phi) is 4.25. The first-order valence-electron chi connectivity index (χ1n) is 3.93. The molecular weight excluding hydrogens is 247 g/mol. The smallest absolute Gasteiger partial charge is 1.00 e. The Labute approximate surface area is 92.6 Å². The first-order valence-corrected chi connectivity index (χ1v) is 6.39. The molecule has 2 rings (SSSR count). The Hall–Kier alpha value is 0.133. The van der Waals surface area contributed by atoms with Gasteiger partial charge >= 0.3 is 79.1 Å². The van der Waals surface area contributed by atoms with Gasteiger partial charge in [0.1, 0.15) is 0 Å². The van der Waals surface area contributed by atoms with Crippen LogP contribution in [-0.4, -0.2) is 0 Å². The molecule has 0 nitrogen and oxygen atoms in total. The van der Waals surface area contributed by atoms with Gasteiger partial charge in [0, 0.05) is 0 Å². The van der Waals surface area contributed by atoms with Crippen LogP contribution in [0, 0.1) is 0 Å². The van der Waals surface area contributed by atoms with Crippen LogP contribution >= 0.6 is 0 Å². The minimum absolute atomic E-state index is 0. The molecule has 0 heterocycles. The van der Waals surface area contributed by atoms with Crippen molar-refractivity contribution in [3.63, 3.8) is 0 Å². The van der Waals surface area contributed by atoms with Gasteiger partial charge in [-0.05, 0) is 0 Å². The maximum atomic E-state index is 2.31. The van der Waals surface area contributed by atoms with Gasteiger partial charge in [-0.3, -0.25) is 0 Å². The summed E-state index contributed by atoms with van der Waals surface area (Å²) in [7, 11) is 0. The summed E-state index contributed by atoms with van der Waals surface area (Å²) in [6.07, 6.45) is 16.0. The van der Waals surface area contributed by atoms with Crippen molar-refractivity contribution in [1.82, 2.24) is 0 Å². The van der Waals surface area contributed by atoms with Crippen molar-refractivity contribution in [2.75, 3.05) is 0 Å². The van der Waals surface area contributed by atoms with E-state index in [0.717, 1.165) is 0 Å². The van der Waals surface area contributed by atoms with Crippen LogP contribution in [0.5, 0.6) is 0 Å².